The van der Waals surface area contributed by atoms with Crippen LogP contribution in [0.1, 0.15) is 11.3 Å². The fourth-order valence-electron chi connectivity index (χ4n) is 2.74. The fourth-order valence-corrected chi connectivity index (χ4v) is 2.74. The van der Waals surface area contributed by atoms with Crippen LogP contribution in [0, 0.1) is 0 Å². The van der Waals surface area contributed by atoms with Gasteiger partial charge in [-0.3, -0.25) is 9.88 Å². The number of rotatable bonds is 3. The van der Waals surface area contributed by atoms with Gasteiger partial charge in [0, 0.05) is 45.1 Å². The molecule has 0 bridgehead atoms. The number of pyridine rings is 2. The van der Waals surface area contributed by atoms with Crippen LogP contribution in [-0.4, -0.2) is 41.0 Å². The molecule has 0 aliphatic carbocycles. The summed E-state index contributed by atoms with van der Waals surface area (Å²) in [6, 6.07) is 8.79. The van der Waals surface area contributed by atoms with E-state index < -0.39 is 11.9 Å². The van der Waals surface area contributed by atoms with Crippen LogP contribution >= 0.6 is 0 Å². The SMILES string of the molecule is FC(F)(F)c1ncccc1CN1CCN(c2ccccn2)CC1. The van der Waals surface area contributed by atoms with Gasteiger partial charge in [-0.05, 0) is 23.8 Å². The smallest absolute Gasteiger partial charge is 0.354 e. The Balaban J connectivity index is 1.64. The Hall–Kier alpha value is -2.15. The van der Waals surface area contributed by atoms with Gasteiger partial charge in [0.15, 0.2) is 0 Å². The molecule has 1 fully saturated rings. The molecular weight excluding hydrogens is 305 g/mol. The molecule has 0 spiro atoms. The Morgan fingerprint density at radius 3 is 2.30 bits per heavy atom. The third-order valence-electron chi connectivity index (χ3n) is 3.90. The highest BCUT2D eigenvalue weighted by Gasteiger charge is 2.35. The van der Waals surface area contributed by atoms with Crippen molar-refractivity contribution in [1.82, 2.24) is 14.9 Å². The molecule has 2 aromatic heterocycles. The monoisotopic (exact) mass is 322 g/mol. The van der Waals surface area contributed by atoms with Gasteiger partial charge in [0.05, 0.1) is 0 Å². The average Bonchev–Trinajstić information content (AvgIpc) is 2.56. The Labute approximate surface area is 132 Å². The Kier molecular flexibility index (Phi) is 4.47. The van der Waals surface area contributed by atoms with Gasteiger partial charge in [-0.2, -0.15) is 13.2 Å². The molecule has 0 amide bonds. The molecule has 0 unspecified atom stereocenters. The number of aromatic nitrogens is 2. The van der Waals surface area contributed by atoms with E-state index in [0.717, 1.165) is 18.9 Å². The van der Waals surface area contributed by atoms with Crippen molar-refractivity contribution in [2.75, 3.05) is 31.1 Å². The Morgan fingerprint density at radius 2 is 1.65 bits per heavy atom. The van der Waals surface area contributed by atoms with Crippen molar-refractivity contribution in [2.45, 2.75) is 12.7 Å². The maximum absolute atomic E-state index is 13.0. The first-order valence-electron chi connectivity index (χ1n) is 7.43. The molecule has 23 heavy (non-hydrogen) atoms. The first kappa shape index (κ1) is 15.7. The predicted molar refractivity (Wildman–Crippen MR) is 81.0 cm³/mol. The number of piperazine rings is 1. The highest BCUT2D eigenvalue weighted by Crippen LogP contribution is 2.30. The lowest BCUT2D eigenvalue weighted by molar-refractivity contribution is -0.142. The summed E-state index contributed by atoms with van der Waals surface area (Å²) >= 11 is 0. The summed E-state index contributed by atoms with van der Waals surface area (Å²) in [5, 5.41) is 0. The molecule has 1 aliphatic rings. The minimum absolute atomic E-state index is 0.228. The van der Waals surface area contributed by atoms with Crippen molar-refractivity contribution in [3.63, 3.8) is 0 Å². The molecule has 1 aliphatic heterocycles. The fraction of sp³-hybridized carbons (Fsp3) is 0.375. The molecule has 3 heterocycles. The maximum atomic E-state index is 13.0. The van der Waals surface area contributed by atoms with Crippen molar-refractivity contribution in [1.29, 1.82) is 0 Å². The minimum atomic E-state index is -4.41. The lowest BCUT2D eigenvalue weighted by Crippen LogP contribution is -2.46. The molecule has 122 valence electrons. The second-order valence-electron chi connectivity index (χ2n) is 5.46. The predicted octanol–water partition coefficient (Wildman–Crippen LogP) is 2.82. The van der Waals surface area contributed by atoms with Crippen LogP contribution in [0.4, 0.5) is 19.0 Å². The van der Waals surface area contributed by atoms with Gasteiger partial charge < -0.3 is 4.90 Å². The van der Waals surface area contributed by atoms with E-state index in [1.54, 1.807) is 12.3 Å². The molecule has 0 atom stereocenters. The third-order valence-corrected chi connectivity index (χ3v) is 3.90. The van der Waals surface area contributed by atoms with E-state index in [1.165, 1.54) is 12.3 Å². The molecule has 2 aromatic rings. The van der Waals surface area contributed by atoms with E-state index in [9.17, 15) is 13.2 Å². The van der Waals surface area contributed by atoms with Gasteiger partial charge in [0.25, 0.3) is 0 Å². The lowest BCUT2D eigenvalue weighted by atomic mass is 10.1. The zero-order valence-corrected chi connectivity index (χ0v) is 12.5. The molecule has 7 heteroatoms. The number of nitrogens with zero attached hydrogens (tertiary/aromatic N) is 4. The summed E-state index contributed by atoms with van der Waals surface area (Å²) in [6.45, 7) is 3.15. The Morgan fingerprint density at radius 1 is 0.913 bits per heavy atom. The second kappa shape index (κ2) is 6.54. The highest BCUT2D eigenvalue weighted by molar-refractivity contribution is 5.38. The van der Waals surface area contributed by atoms with Crippen LogP contribution in [0.25, 0.3) is 0 Å². The zero-order valence-electron chi connectivity index (χ0n) is 12.5. The van der Waals surface area contributed by atoms with Crippen LogP contribution in [0.3, 0.4) is 0 Å². The normalized spacial score (nSPS) is 16.6. The van der Waals surface area contributed by atoms with Crippen LogP contribution in [0.2, 0.25) is 0 Å². The summed E-state index contributed by atoms with van der Waals surface area (Å²) in [7, 11) is 0. The molecule has 0 radical (unpaired) electrons. The van der Waals surface area contributed by atoms with Crippen molar-refractivity contribution in [3.05, 3.63) is 54.0 Å². The summed E-state index contributed by atoms with van der Waals surface area (Å²) in [5.74, 6) is 0.907. The van der Waals surface area contributed by atoms with E-state index >= 15 is 0 Å². The number of halogens is 3. The van der Waals surface area contributed by atoms with E-state index in [0.29, 0.717) is 13.1 Å². The molecule has 4 nitrogen and oxygen atoms in total. The maximum Gasteiger partial charge on any atom is 0.433 e. The van der Waals surface area contributed by atoms with Crippen molar-refractivity contribution in [2.24, 2.45) is 0 Å². The van der Waals surface area contributed by atoms with Crippen LogP contribution < -0.4 is 4.90 Å². The third kappa shape index (κ3) is 3.79. The summed E-state index contributed by atoms with van der Waals surface area (Å²) in [4.78, 5) is 12.0. The van der Waals surface area contributed by atoms with E-state index in [1.807, 2.05) is 23.1 Å². The average molecular weight is 322 g/mol. The van der Waals surface area contributed by atoms with Gasteiger partial charge in [0.1, 0.15) is 11.5 Å². The van der Waals surface area contributed by atoms with E-state index in [-0.39, 0.29) is 12.1 Å². The Bertz CT molecular complexity index is 637. The van der Waals surface area contributed by atoms with Crippen molar-refractivity contribution < 1.29 is 13.2 Å². The molecule has 0 aromatic carbocycles. The molecule has 0 N–H and O–H groups in total. The lowest BCUT2D eigenvalue weighted by Gasteiger charge is -2.35. The summed E-state index contributed by atoms with van der Waals surface area (Å²) < 4.78 is 39.0. The van der Waals surface area contributed by atoms with Gasteiger partial charge in [-0.1, -0.05) is 12.1 Å². The largest absolute Gasteiger partial charge is 0.433 e. The number of hydrogen-bond acceptors (Lipinski definition) is 4. The van der Waals surface area contributed by atoms with Crippen molar-refractivity contribution in [3.8, 4) is 0 Å². The topological polar surface area (TPSA) is 32.3 Å². The summed E-state index contributed by atoms with van der Waals surface area (Å²) in [6.07, 6.45) is -1.48. The number of anilines is 1. The van der Waals surface area contributed by atoms with Gasteiger partial charge >= 0.3 is 6.18 Å². The minimum Gasteiger partial charge on any atom is -0.354 e. The van der Waals surface area contributed by atoms with Crippen LogP contribution in [-0.2, 0) is 12.7 Å². The summed E-state index contributed by atoms with van der Waals surface area (Å²) in [5.41, 5.74) is -0.557. The highest BCUT2D eigenvalue weighted by atomic mass is 19.4. The van der Waals surface area contributed by atoms with Gasteiger partial charge in [0.2, 0.25) is 0 Å². The van der Waals surface area contributed by atoms with Gasteiger partial charge in [-0.15, -0.1) is 0 Å². The molecule has 0 saturated carbocycles. The number of alkyl halides is 3. The zero-order chi connectivity index (χ0) is 16.3. The molecule has 1 saturated heterocycles. The first-order chi connectivity index (χ1) is 11.0. The second-order valence-corrected chi connectivity index (χ2v) is 5.46. The quantitative estimate of drug-likeness (QED) is 0.870. The molecular formula is C16H17F3N4. The van der Waals surface area contributed by atoms with E-state index in [2.05, 4.69) is 14.9 Å². The standard InChI is InChI=1S/C16H17F3N4/c17-16(18,19)15-13(4-3-7-21-15)12-22-8-10-23(11-9-22)14-5-1-2-6-20-14/h1-7H,8-12H2. The molecule has 3 rings (SSSR count). The number of hydrogen-bond donors (Lipinski definition) is 0. The first-order valence-corrected chi connectivity index (χ1v) is 7.43. The van der Waals surface area contributed by atoms with Crippen LogP contribution in [0.5, 0.6) is 0 Å². The van der Waals surface area contributed by atoms with Crippen molar-refractivity contribution >= 4 is 5.82 Å². The van der Waals surface area contributed by atoms with Gasteiger partial charge in [-0.25, -0.2) is 4.98 Å². The van der Waals surface area contributed by atoms with E-state index in [4.69, 9.17) is 0 Å². The van der Waals surface area contributed by atoms with Crippen LogP contribution in [0.15, 0.2) is 42.7 Å².